The molecule has 0 saturated carbocycles. The molecular formula is C9H16ClN3O3. The number of amidine groups is 1. The maximum atomic E-state index is 11.2. The molecule has 7 heteroatoms. The number of rotatable bonds is 3. The Labute approximate surface area is 100 Å². The fourth-order valence-electron chi connectivity index (χ4n) is 1.50. The Bertz CT molecular complexity index is 294. The molecule has 0 aromatic carbocycles. The normalized spacial score (nSPS) is 17.1. The topological polar surface area (TPSA) is 85.0 Å². The standard InChI is InChI=1S/C9H15N3O3.ClH/c1-2-15-8(13)6-12-5-3-4-7(12)11-9(10)14;/h2-6H2,1H3,(H2,10,14);1H. The molecule has 0 bridgehead atoms. The molecule has 0 spiro atoms. The van der Waals surface area contributed by atoms with Gasteiger partial charge in [0.15, 0.2) is 0 Å². The summed E-state index contributed by atoms with van der Waals surface area (Å²) in [5, 5.41) is 0. The second-order valence-electron chi connectivity index (χ2n) is 3.20. The molecule has 1 heterocycles. The van der Waals surface area contributed by atoms with E-state index in [1.807, 2.05) is 0 Å². The summed E-state index contributed by atoms with van der Waals surface area (Å²) in [6.07, 6.45) is 1.56. The highest BCUT2D eigenvalue weighted by Crippen LogP contribution is 2.11. The van der Waals surface area contributed by atoms with Gasteiger partial charge < -0.3 is 15.4 Å². The molecular weight excluding hydrogens is 234 g/mol. The van der Waals surface area contributed by atoms with Crippen LogP contribution in [0.15, 0.2) is 4.99 Å². The SMILES string of the molecule is CCOC(=O)CN1CCCC1=NC(N)=O.Cl. The first-order valence-electron chi connectivity index (χ1n) is 4.91. The van der Waals surface area contributed by atoms with Crippen LogP contribution in [0.5, 0.6) is 0 Å². The van der Waals surface area contributed by atoms with E-state index in [0.29, 0.717) is 25.4 Å². The Morgan fingerprint density at radius 2 is 2.25 bits per heavy atom. The minimum Gasteiger partial charge on any atom is -0.465 e. The minimum atomic E-state index is -0.722. The molecule has 2 N–H and O–H groups in total. The molecule has 16 heavy (non-hydrogen) atoms. The molecule has 1 aliphatic rings. The average Bonchev–Trinajstić information content (AvgIpc) is 2.52. The molecule has 1 saturated heterocycles. The number of carbonyl (C=O) groups excluding carboxylic acids is 2. The second-order valence-corrected chi connectivity index (χ2v) is 3.20. The molecule has 1 rings (SSSR count). The number of nitrogens with two attached hydrogens (primary N) is 1. The van der Waals surface area contributed by atoms with Crippen LogP contribution < -0.4 is 5.73 Å². The molecule has 2 amide bonds. The van der Waals surface area contributed by atoms with Gasteiger partial charge in [0.05, 0.1) is 6.61 Å². The molecule has 1 fully saturated rings. The van der Waals surface area contributed by atoms with Gasteiger partial charge in [0, 0.05) is 13.0 Å². The number of ether oxygens (including phenoxy) is 1. The van der Waals surface area contributed by atoms with Crippen molar-refractivity contribution in [3.63, 3.8) is 0 Å². The Morgan fingerprint density at radius 1 is 1.56 bits per heavy atom. The van der Waals surface area contributed by atoms with Crippen molar-refractivity contribution in [2.75, 3.05) is 19.7 Å². The van der Waals surface area contributed by atoms with Gasteiger partial charge in [0.1, 0.15) is 12.4 Å². The van der Waals surface area contributed by atoms with Crippen LogP contribution in [0, 0.1) is 0 Å². The van der Waals surface area contributed by atoms with Crippen molar-refractivity contribution in [3.05, 3.63) is 0 Å². The molecule has 0 unspecified atom stereocenters. The third kappa shape index (κ3) is 4.48. The molecule has 0 aromatic heterocycles. The smallest absolute Gasteiger partial charge is 0.339 e. The Hall–Kier alpha value is -1.30. The highest BCUT2D eigenvalue weighted by molar-refractivity contribution is 5.95. The fourth-order valence-corrected chi connectivity index (χ4v) is 1.50. The monoisotopic (exact) mass is 249 g/mol. The zero-order chi connectivity index (χ0) is 11.3. The lowest BCUT2D eigenvalue weighted by Crippen LogP contribution is -2.33. The van der Waals surface area contributed by atoms with E-state index in [1.54, 1.807) is 11.8 Å². The minimum absolute atomic E-state index is 0. The first kappa shape index (κ1) is 14.7. The largest absolute Gasteiger partial charge is 0.465 e. The highest BCUT2D eigenvalue weighted by Gasteiger charge is 2.21. The van der Waals surface area contributed by atoms with Crippen molar-refractivity contribution in [2.45, 2.75) is 19.8 Å². The number of carbonyl (C=O) groups is 2. The quantitative estimate of drug-likeness (QED) is 0.740. The van der Waals surface area contributed by atoms with Crippen molar-refractivity contribution >= 4 is 30.2 Å². The third-order valence-electron chi connectivity index (χ3n) is 2.06. The van der Waals surface area contributed by atoms with Gasteiger partial charge in [0.25, 0.3) is 0 Å². The Morgan fingerprint density at radius 3 is 2.81 bits per heavy atom. The van der Waals surface area contributed by atoms with Crippen LogP contribution in [0.3, 0.4) is 0 Å². The van der Waals surface area contributed by atoms with Crippen LogP contribution in [0.1, 0.15) is 19.8 Å². The number of amides is 2. The van der Waals surface area contributed by atoms with E-state index >= 15 is 0 Å². The first-order valence-corrected chi connectivity index (χ1v) is 4.91. The zero-order valence-corrected chi connectivity index (χ0v) is 9.96. The van der Waals surface area contributed by atoms with Crippen molar-refractivity contribution in [1.29, 1.82) is 0 Å². The summed E-state index contributed by atoms with van der Waals surface area (Å²) < 4.78 is 4.81. The summed E-state index contributed by atoms with van der Waals surface area (Å²) >= 11 is 0. The number of urea groups is 1. The second kappa shape index (κ2) is 7.05. The van der Waals surface area contributed by atoms with Gasteiger partial charge >= 0.3 is 12.0 Å². The summed E-state index contributed by atoms with van der Waals surface area (Å²) in [4.78, 5) is 27.2. The summed E-state index contributed by atoms with van der Waals surface area (Å²) in [5.74, 6) is 0.270. The molecule has 1 aliphatic heterocycles. The molecule has 0 aliphatic carbocycles. The molecule has 6 nitrogen and oxygen atoms in total. The van der Waals surface area contributed by atoms with Crippen molar-refractivity contribution in [3.8, 4) is 0 Å². The van der Waals surface area contributed by atoms with Crippen LogP contribution in [0.25, 0.3) is 0 Å². The maximum absolute atomic E-state index is 11.2. The van der Waals surface area contributed by atoms with E-state index in [0.717, 1.165) is 6.42 Å². The lowest BCUT2D eigenvalue weighted by atomic mass is 10.4. The first-order chi connectivity index (χ1) is 7.13. The van der Waals surface area contributed by atoms with Crippen LogP contribution in [0.4, 0.5) is 4.79 Å². The van der Waals surface area contributed by atoms with Crippen LogP contribution in [-0.4, -0.2) is 42.4 Å². The van der Waals surface area contributed by atoms with Crippen molar-refractivity contribution < 1.29 is 14.3 Å². The predicted molar refractivity (Wildman–Crippen MR) is 61.7 cm³/mol. The van der Waals surface area contributed by atoms with Crippen molar-refractivity contribution in [1.82, 2.24) is 4.90 Å². The number of primary amides is 1. The van der Waals surface area contributed by atoms with Gasteiger partial charge in [-0.05, 0) is 13.3 Å². The number of hydrogen-bond donors (Lipinski definition) is 1. The Kier molecular flexibility index (Phi) is 6.48. The predicted octanol–water partition coefficient (Wildman–Crippen LogP) is 0.544. The van der Waals surface area contributed by atoms with Crippen LogP contribution >= 0.6 is 12.4 Å². The maximum Gasteiger partial charge on any atom is 0.339 e. The van der Waals surface area contributed by atoms with E-state index in [4.69, 9.17) is 10.5 Å². The van der Waals surface area contributed by atoms with Gasteiger partial charge in [-0.3, -0.25) is 4.79 Å². The summed E-state index contributed by atoms with van der Waals surface area (Å²) in [6, 6.07) is -0.722. The molecule has 92 valence electrons. The van der Waals surface area contributed by atoms with E-state index in [1.165, 1.54) is 0 Å². The lowest BCUT2D eigenvalue weighted by molar-refractivity contribution is -0.143. The third-order valence-corrected chi connectivity index (χ3v) is 2.06. The van der Waals surface area contributed by atoms with Gasteiger partial charge in [0.2, 0.25) is 0 Å². The summed E-state index contributed by atoms with van der Waals surface area (Å²) in [7, 11) is 0. The average molecular weight is 250 g/mol. The van der Waals surface area contributed by atoms with Gasteiger partial charge in [-0.2, -0.15) is 4.99 Å². The van der Waals surface area contributed by atoms with Gasteiger partial charge in [-0.15, -0.1) is 12.4 Å². The van der Waals surface area contributed by atoms with E-state index in [2.05, 4.69) is 4.99 Å². The molecule has 0 aromatic rings. The number of likely N-dealkylation sites (tertiary alicyclic amines) is 1. The number of halogens is 1. The van der Waals surface area contributed by atoms with E-state index in [9.17, 15) is 9.59 Å². The van der Waals surface area contributed by atoms with Gasteiger partial charge in [-0.1, -0.05) is 0 Å². The summed E-state index contributed by atoms with van der Waals surface area (Å²) in [5.41, 5.74) is 4.95. The molecule has 0 radical (unpaired) electrons. The van der Waals surface area contributed by atoms with Crippen LogP contribution in [-0.2, 0) is 9.53 Å². The fraction of sp³-hybridized carbons (Fsp3) is 0.667. The van der Waals surface area contributed by atoms with E-state index in [-0.39, 0.29) is 24.9 Å². The Balaban J connectivity index is 0.00000225. The number of hydrogen-bond acceptors (Lipinski definition) is 3. The van der Waals surface area contributed by atoms with Gasteiger partial charge in [-0.25, -0.2) is 4.79 Å². The summed E-state index contributed by atoms with van der Waals surface area (Å²) in [6.45, 7) is 2.96. The van der Waals surface area contributed by atoms with E-state index < -0.39 is 6.03 Å². The van der Waals surface area contributed by atoms with Crippen molar-refractivity contribution in [2.24, 2.45) is 10.7 Å². The highest BCUT2D eigenvalue weighted by atomic mass is 35.5. The molecule has 0 atom stereocenters. The number of aliphatic imine (C=N–C) groups is 1. The zero-order valence-electron chi connectivity index (χ0n) is 9.14. The van der Waals surface area contributed by atoms with Crippen LogP contribution in [0.2, 0.25) is 0 Å². The number of nitrogens with zero attached hydrogens (tertiary/aromatic N) is 2. The lowest BCUT2D eigenvalue weighted by Gasteiger charge is -2.16. The number of esters is 1.